The molecule has 0 saturated heterocycles. The Morgan fingerprint density at radius 1 is 1.47 bits per heavy atom. The highest BCUT2D eigenvalue weighted by molar-refractivity contribution is 7.86. The van der Waals surface area contributed by atoms with Crippen molar-refractivity contribution in [3.05, 3.63) is 0 Å². The number of carbonyl (C=O) groups excluding carboxylic acids is 1. The van der Waals surface area contributed by atoms with Crippen molar-refractivity contribution in [2.24, 2.45) is 0 Å². The van der Waals surface area contributed by atoms with Gasteiger partial charge < -0.3 is 4.74 Å². The molecule has 0 N–H and O–H groups in total. The number of hydrogen-bond acceptors (Lipinski definition) is 7. The quantitative estimate of drug-likeness (QED) is 0.383. The molecule has 0 aliphatic carbocycles. The maximum absolute atomic E-state index is 11.3. The van der Waals surface area contributed by atoms with Gasteiger partial charge in [-0.2, -0.15) is 8.42 Å². The van der Waals surface area contributed by atoms with E-state index in [2.05, 4.69) is 13.4 Å². The summed E-state index contributed by atoms with van der Waals surface area (Å²) in [5, 5.41) is 0. The summed E-state index contributed by atoms with van der Waals surface area (Å²) in [5.41, 5.74) is 0. The second-order valence-corrected chi connectivity index (χ2v) is 5.28. The van der Waals surface area contributed by atoms with Crippen molar-refractivity contribution in [1.29, 1.82) is 0 Å². The van der Waals surface area contributed by atoms with Gasteiger partial charge in [0.2, 0.25) is 0 Å². The minimum absolute atomic E-state index is 0.0653. The molecule has 0 aromatic rings. The molecule has 0 aromatic carbocycles. The summed E-state index contributed by atoms with van der Waals surface area (Å²) in [5.74, 6) is -2.81. The van der Waals surface area contributed by atoms with E-state index in [1.54, 1.807) is 6.92 Å². The molecule has 0 radical (unpaired) electrons. The fraction of sp³-hybridized carbons (Fsp3) is 0.833. The van der Waals surface area contributed by atoms with E-state index in [9.17, 15) is 17.8 Å². The minimum Gasteiger partial charge on any atom is -0.464 e. The summed E-state index contributed by atoms with van der Waals surface area (Å²) in [6.45, 7) is 1.61. The van der Waals surface area contributed by atoms with Crippen LogP contribution in [0.15, 0.2) is 0 Å². The predicted octanol–water partition coefficient (Wildman–Crippen LogP) is 0.241. The molecule has 15 heavy (non-hydrogen) atoms. The molecule has 0 saturated carbocycles. The second kappa shape index (κ2) is 6.12. The van der Waals surface area contributed by atoms with E-state index in [1.807, 2.05) is 0 Å². The van der Waals surface area contributed by atoms with Gasteiger partial charge >= 0.3 is 19.8 Å². The molecule has 7 nitrogen and oxygen atoms in total. The lowest BCUT2D eigenvalue weighted by Crippen LogP contribution is -2.25. The van der Waals surface area contributed by atoms with Crippen molar-refractivity contribution in [3.8, 4) is 0 Å². The van der Waals surface area contributed by atoms with Crippen molar-refractivity contribution in [2.75, 3.05) is 20.0 Å². The van der Waals surface area contributed by atoms with Crippen LogP contribution in [-0.4, -0.2) is 40.2 Å². The molecule has 0 spiro atoms. The Labute approximate surface area is 88.7 Å². The Morgan fingerprint density at radius 2 is 2.00 bits per heavy atom. The van der Waals surface area contributed by atoms with Gasteiger partial charge in [0.1, 0.15) is 0 Å². The summed E-state index contributed by atoms with van der Waals surface area (Å²) < 4.78 is 45.9. The highest BCUT2D eigenvalue weighted by Gasteiger charge is 2.45. The first-order valence-corrected chi connectivity index (χ1v) is 6.93. The maximum Gasteiger partial charge on any atom is 0.554 e. The summed E-state index contributed by atoms with van der Waals surface area (Å²) in [6.07, 6.45) is 0.734. The van der Waals surface area contributed by atoms with Crippen molar-refractivity contribution in [2.45, 2.75) is 12.8 Å². The van der Waals surface area contributed by atoms with Gasteiger partial charge in [-0.3, -0.25) is 0 Å². The van der Waals surface area contributed by atoms with Crippen LogP contribution >= 0.6 is 8.03 Å². The highest BCUT2D eigenvalue weighted by Crippen LogP contribution is 2.31. The van der Waals surface area contributed by atoms with Crippen LogP contribution in [0.5, 0.6) is 0 Å². The smallest absolute Gasteiger partial charge is 0.464 e. The number of carbonyl (C=O) groups is 1. The fourth-order valence-electron chi connectivity index (χ4n) is 0.622. The zero-order valence-corrected chi connectivity index (χ0v) is 10.2. The predicted molar refractivity (Wildman–Crippen MR) is 51.0 cm³/mol. The molecule has 0 fully saturated rings. The van der Waals surface area contributed by atoms with Crippen molar-refractivity contribution in [1.82, 2.24) is 0 Å². The largest absolute Gasteiger partial charge is 0.554 e. The van der Waals surface area contributed by atoms with Crippen LogP contribution in [0.3, 0.4) is 0 Å². The van der Waals surface area contributed by atoms with Crippen LogP contribution in [0.2, 0.25) is 0 Å². The molecule has 0 amide bonds. The average molecular weight is 259 g/mol. The van der Waals surface area contributed by atoms with Crippen molar-refractivity contribution >= 4 is 24.1 Å². The van der Waals surface area contributed by atoms with E-state index in [0.29, 0.717) is 0 Å². The van der Waals surface area contributed by atoms with Gasteiger partial charge in [0.05, 0.1) is 20.0 Å². The van der Waals surface area contributed by atoms with Gasteiger partial charge in [-0.25, -0.2) is 8.98 Å². The normalized spacial score (nSPS) is 14.5. The molecule has 0 bridgehead atoms. The Bertz CT molecular complexity index is 335. The molecule has 0 aliphatic rings. The molecule has 2 atom stereocenters. The molecule has 0 heterocycles. The second-order valence-electron chi connectivity index (χ2n) is 2.38. The summed E-state index contributed by atoms with van der Waals surface area (Å²) >= 11 is 0. The lowest BCUT2D eigenvalue weighted by molar-refractivity contribution is -0.145. The minimum atomic E-state index is -3.91. The first-order valence-electron chi connectivity index (χ1n) is 3.87. The molecule has 0 aliphatic heterocycles. The number of esters is 1. The van der Waals surface area contributed by atoms with Crippen LogP contribution in [0, 0.1) is 0 Å². The van der Waals surface area contributed by atoms with Crippen molar-refractivity contribution in [3.63, 3.8) is 0 Å². The third-order valence-electron chi connectivity index (χ3n) is 1.12. The van der Waals surface area contributed by atoms with Gasteiger partial charge in [-0.05, 0) is 11.5 Å². The van der Waals surface area contributed by atoms with Crippen LogP contribution in [0.25, 0.3) is 0 Å². The SMILES string of the molecule is CCO[P+](=O)C(OS(C)(=O)=O)C(=O)OC. The summed E-state index contributed by atoms with van der Waals surface area (Å²) in [6, 6.07) is 0. The lowest BCUT2D eigenvalue weighted by Gasteiger charge is -2.03. The van der Waals surface area contributed by atoms with Gasteiger partial charge in [-0.15, -0.1) is 4.52 Å². The molecule has 2 unspecified atom stereocenters. The zero-order chi connectivity index (χ0) is 12.1. The molecule has 0 aromatic heterocycles. The molecule has 0 rings (SSSR count). The van der Waals surface area contributed by atoms with Crippen molar-refractivity contribution < 1.29 is 31.2 Å². The first-order chi connectivity index (χ1) is 6.81. The number of methoxy groups -OCH3 is 1. The van der Waals surface area contributed by atoms with E-state index in [1.165, 1.54) is 0 Å². The number of ether oxygens (including phenoxy) is 1. The van der Waals surface area contributed by atoms with E-state index in [4.69, 9.17) is 0 Å². The molecular weight excluding hydrogens is 247 g/mol. The number of hydrogen-bond donors (Lipinski definition) is 0. The Balaban J connectivity index is 4.74. The van der Waals surface area contributed by atoms with Gasteiger partial charge in [0.25, 0.3) is 10.1 Å². The molecular formula is C6H12O7PS+. The van der Waals surface area contributed by atoms with Crippen LogP contribution in [0.1, 0.15) is 6.92 Å². The van der Waals surface area contributed by atoms with Crippen LogP contribution in [-0.2, 0) is 32.9 Å². The Hall–Kier alpha value is -0.560. The first kappa shape index (κ1) is 14.4. The standard InChI is InChI=1S/C6H12O7PS/c1-4-12-14(8)6(5(7)11-2)13-15(3,9)10/h6H,4H2,1-3H3/q+1. The van der Waals surface area contributed by atoms with Crippen LogP contribution in [0.4, 0.5) is 0 Å². The van der Waals surface area contributed by atoms with Gasteiger partial charge in [0.15, 0.2) is 0 Å². The zero-order valence-electron chi connectivity index (χ0n) is 8.50. The van der Waals surface area contributed by atoms with E-state index in [-0.39, 0.29) is 6.61 Å². The maximum atomic E-state index is 11.3. The average Bonchev–Trinajstić information content (AvgIpc) is 2.12. The highest BCUT2D eigenvalue weighted by atomic mass is 32.2. The van der Waals surface area contributed by atoms with E-state index in [0.717, 1.165) is 13.4 Å². The van der Waals surface area contributed by atoms with E-state index < -0.39 is 30.0 Å². The molecule has 88 valence electrons. The third-order valence-corrected chi connectivity index (χ3v) is 3.01. The summed E-state index contributed by atoms with van der Waals surface area (Å²) in [4.78, 5) is 11.0. The third kappa shape index (κ3) is 5.78. The van der Waals surface area contributed by atoms with Gasteiger partial charge in [0, 0.05) is 0 Å². The monoisotopic (exact) mass is 259 g/mol. The fourth-order valence-corrected chi connectivity index (χ4v) is 2.45. The lowest BCUT2D eigenvalue weighted by atomic mass is 10.7. The van der Waals surface area contributed by atoms with E-state index >= 15 is 0 Å². The Kier molecular flexibility index (Phi) is 5.89. The molecule has 9 heteroatoms. The summed E-state index contributed by atoms with van der Waals surface area (Å²) in [7, 11) is -5.46. The topological polar surface area (TPSA) is 96.0 Å². The Morgan fingerprint density at radius 3 is 2.33 bits per heavy atom. The van der Waals surface area contributed by atoms with Crippen LogP contribution < -0.4 is 0 Å². The number of rotatable bonds is 6. The van der Waals surface area contributed by atoms with Gasteiger partial charge in [-0.1, -0.05) is 0 Å².